The van der Waals surface area contributed by atoms with Crippen LogP contribution in [0.1, 0.15) is 51.0 Å². The standard InChI is InChI=1S/C24H34N2O4/c1-15(24-12-17-8-18(13-24)10-19(9-17)14-24)26-23(28)22(27)25-7-6-16-4-5-20(29-2)21(11-16)30-3/h4-5,11,15,17-19H,6-10,12-14H2,1-3H3,(H,25,27)(H,26,28). The van der Waals surface area contributed by atoms with E-state index in [4.69, 9.17) is 9.47 Å². The Kier molecular flexibility index (Phi) is 5.94. The highest BCUT2D eigenvalue weighted by molar-refractivity contribution is 6.35. The third kappa shape index (κ3) is 4.14. The Morgan fingerprint density at radius 3 is 2.17 bits per heavy atom. The summed E-state index contributed by atoms with van der Waals surface area (Å²) in [5.41, 5.74) is 1.21. The van der Waals surface area contributed by atoms with Crippen LogP contribution >= 0.6 is 0 Å². The van der Waals surface area contributed by atoms with E-state index < -0.39 is 11.8 Å². The number of hydrogen-bond acceptors (Lipinski definition) is 4. The molecule has 4 aliphatic rings. The summed E-state index contributed by atoms with van der Waals surface area (Å²) >= 11 is 0. The van der Waals surface area contributed by atoms with E-state index in [-0.39, 0.29) is 11.5 Å². The first-order valence-electron chi connectivity index (χ1n) is 11.2. The molecular weight excluding hydrogens is 380 g/mol. The molecule has 0 aromatic heterocycles. The zero-order valence-corrected chi connectivity index (χ0v) is 18.3. The number of amides is 2. The Morgan fingerprint density at radius 1 is 1.00 bits per heavy atom. The fourth-order valence-corrected chi connectivity index (χ4v) is 6.56. The van der Waals surface area contributed by atoms with E-state index in [1.807, 2.05) is 18.2 Å². The number of benzene rings is 1. The molecule has 1 aromatic rings. The number of carbonyl (C=O) groups excluding carboxylic acids is 2. The summed E-state index contributed by atoms with van der Waals surface area (Å²) in [5.74, 6) is 2.74. The monoisotopic (exact) mass is 414 g/mol. The van der Waals surface area contributed by atoms with Gasteiger partial charge in [-0.15, -0.1) is 0 Å². The van der Waals surface area contributed by atoms with Crippen LogP contribution in [-0.2, 0) is 16.0 Å². The number of methoxy groups -OCH3 is 2. The van der Waals surface area contributed by atoms with Gasteiger partial charge in [-0.25, -0.2) is 0 Å². The predicted molar refractivity (Wildman–Crippen MR) is 114 cm³/mol. The smallest absolute Gasteiger partial charge is 0.309 e. The lowest BCUT2D eigenvalue weighted by Gasteiger charge is -2.59. The molecular formula is C24H34N2O4. The summed E-state index contributed by atoms with van der Waals surface area (Å²) in [6.45, 7) is 2.50. The van der Waals surface area contributed by atoms with Crippen LogP contribution in [0.5, 0.6) is 11.5 Å². The molecule has 30 heavy (non-hydrogen) atoms. The van der Waals surface area contributed by atoms with E-state index >= 15 is 0 Å². The summed E-state index contributed by atoms with van der Waals surface area (Å²) in [4.78, 5) is 24.9. The van der Waals surface area contributed by atoms with E-state index in [2.05, 4.69) is 17.6 Å². The van der Waals surface area contributed by atoms with Crippen molar-refractivity contribution in [3.63, 3.8) is 0 Å². The molecule has 1 atom stereocenters. The second-order valence-corrected chi connectivity index (χ2v) is 9.67. The highest BCUT2D eigenvalue weighted by Crippen LogP contribution is 2.61. The van der Waals surface area contributed by atoms with Crippen molar-refractivity contribution < 1.29 is 19.1 Å². The summed E-state index contributed by atoms with van der Waals surface area (Å²) in [7, 11) is 3.19. The fourth-order valence-electron chi connectivity index (χ4n) is 6.56. The highest BCUT2D eigenvalue weighted by Gasteiger charge is 2.53. The molecule has 4 bridgehead atoms. The van der Waals surface area contributed by atoms with Crippen molar-refractivity contribution >= 4 is 11.8 Å². The van der Waals surface area contributed by atoms with Gasteiger partial charge in [-0.3, -0.25) is 9.59 Å². The molecule has 0 saturated heterocycles. The second kappa shape index (κ2) is 8.48. The van der Waals surface area contributed by atoms with Crippen molar-refractivity contribution in [3.05, 3.63) is 23.8 Å². The zero-order chi connectivity index (χ0) is 21.3. The molecule has 0 heterocycles. The van der Waals surface area contributed by atoms with Crippen molar-refractivity contribution in [1.82, 2.24) is 10.6 Å². The molecule has 164 valence electrons. The molecule has 0 radical (unpaired) electrons. The van der Waals surface area contributed by atoms with Crippen LogP contribution in [0.25, 0.3) is 0 Å². The van der Waals surface area contributed by atoms with E-state index in [1.54, 1.807) is 14.2 Å². The van der Waals surface area contributed by atoms with Crippen LogP contribution in [0, 0.1) is 23.2 Å². The predicted octanol–water partition coefficient (Wildman–Crippen LogP) is 3.08. The average Bonchev–Trinajstić information content (AvgIpc) is 2.72. The minimum absolute atomic E-state index is 0.0509. The van der Waals surface area contributed by atoms with Crippen molar-refractivity contribution in [2.45, 2.75) is 57.9 Å². The van der Waals surface area contributed by atoms with Crippen molar-refractivity contribution in [2.75, 3.05) is 20.8 Å². The molecule has 0 spiro atoms. The van der Waals surface area contributed by atoms with Gasteiger partial charge >= 0.3 is 11.8 Å². The number of nitrogens with one attached hydrogen (secondary N) is 2. The molecule has 6 nitrogen and oxygen atoms in total. The van der Waals surface area contributed by atoms with Gasteiger partial charge in [0.15, 0.2) is 11.5 Å². The maximum Gasteiger partial charge on any atom is 0.309 e. The van der Waals surface area contributed by atoms with E-state index in [0.717, 1.165) is 23.3 Å². The molecule has 4 saturated carbocycles. The van der Waals surface area contributed by atoms with Gasteiger partial charge in [0.05, 0.1) is 14.2 Å². The Balaban J connectivity index is 1.27. The molecule has 6 heteroatoms. The van der Waals surface area contributed by atoms with E-state index in [9.17, 15) is 9.59 Å². The van der Waals surface area contributed by atoms with Crippen molar-refractivity contribution in [1.29, 1.82) is 0 Å². The SMILES string of the molecule is COc1ccc(CCNC(=O)C(=O)NC(C)C23CC4CC(CC(C4)C2)C3)cc1OC. The Labute approximate surface area is 179 Å². The zero-order valence-electron chi connectivity index (χ0n) is 18.3. The molecule has 1 unspecified atom stereocenters. The minimum atomic E-state index is -0.549. The fraction of sp³-hybridized carbons (Fsp3) is 0.667. The molecule has 4 aliphatic carbocycles. The number of hydrogen-bond donors (Lipinski definition) is 2. The summed E-state index contributed by atoms with van der Waals surface area (Å²) in [6, 6.07) is 5.72. The maximum absolute atomic E-state index is 12.5. The summed E-state index contributed by atoms with van der Waals surface area (Å²) in [5, 5.41) is 5.78. The number of rotatable bonds is 7. The molecule has 2 N–H and O–H groups in total. The minimum Gasteiger partial charge on any atom is -0.493 e. The van der Waals surface area contributed by atoms with Gasteiger partial charge in [-0.05, 0) is 92.7 Å². The van der Waals surface area contributed by atoms with Gasteiger partial charge in [0.1, 0.15) is 0 Å². The summed E-state index contributed by atoms with van der Waals surface area (Å²) in [6.07, 6.45) is 8.36. The Morgan fingerprint density at radius 2 is 1.60 bits per heavy atom. The van der Waals surface area contributed by atoms with Crippen LogP contribution in [0.15, 0.2) is 18.2 Å². The van der Waals surface area contributed by atoms with Gasteiger partial charge in [0.25, 0.3) is 0 Å². The first kappa shape index (κ1) is 21.0. The molecule has 0 aliphatic heterocycles. The van der Waals surface area contributed by atoms with Crippen molar-refractivity contribution in [3.8, 4) is 11.5 Å². The largest absolute Gasteiger partial charge is 0.493 e. The lowest BCUT2D eigenvalue weighted by atomic mass is 9.48. The second-order valence-electron chi connectivity index (χ2n) is 9.67. The van der Waals surface area contributed by atoms with Crippen LogP contribution < -0.4 is 20.1 Å². The van der Waals surface area contributed by atoms with Crippen LogP contribution in [0.2, 0.25) is 0 Å². The van der Waals surface area contributed by atoms with Gasteiger partial charge in [-0.1, -0.05) is 6.07 Å². The number of ether oxygens (including phenoxy) is 2. The third-order valence-corrected chi connectivity index (χ3v) is 7.71. The Hall–Kier alpha value is -2.24. The lowest BCUT2D eigenvalue weighted by molar-refractivity contribution is -0.141. The van der Waals surface area contributed by atoms with Gasteiger partial charge in [0.2, 0.25) is 0 Å². The van der Waals surface area contributed by atoms with Crippen LogP contribution in [-0.4, -0.2) is 38.6 Å². The average molecular weight is 415 g/mol. The molecule has 4 fully saturated rings. The molecule has 2 amide bonds. The normalized spacial score (nSPS) is 29.9. The topological polar surface area (TPSA) is 76.7 Å². The van der Waals surface area contributed by atoms with Gasteiger partial charge in [-0.2, -0.15) is 0 Å². The van der Waals surface area contributed by atoms with E-state index in [0.29, 0.717) is 24.5 Å². The lowest BCUT2D eigenvalue weighted by Crippen LogP contribution is -2.57. The van der Waals surface area contributed by atoms with E-state index in [1.165, 1.54) is 38.5 Å². The maximum atomic E-state index is 12.5. The third-order valence-electron chi connectivity index (χ3n) is 7.71. The highest BCUT2D eigenvalue weighted by atomic mass is 16.5. The first-order valence-corrected chi connectivity index (χ1v) is 11.2. The van der Waals surface area contributed by atoms with Crippen LogP contribution in [0.3, 0.4) is 0 Å². The quantitative estimate of drug-likeness (QED) is 0.673. The Bertz CT molecular complexity index is 771. The van der Waals surface area contributed by atoms with Crippen molar-refractivity contribution in [2.24, 2.45) is 23.2 Å². The van der Waals surface area contributed by atoms with Gasteiger partial charge < -0.3 is 20.1 Å². The summed E-state index contributed by atoms with van der Waals surface area (Å²) < 4.78 is 10.6. The molecule has 5 rings (SSSR count). The molecule has 1 aromatic carbocycles. The van der Waals surface area contributed by atoms with Crippen LogP contribution in [0.4, 0.5) is 0 Å². The number of carbonyl (C=O) groups is 2. The first-order chi connectivity index (χ1) is 14.4. The van der Waals surface area contributed by atoms with Gasteiger partial charge in [0, 0.05) is 12.6 Å².